The number of hydrogen-bond donors (Lipinski definition) is 0. The number of allylic oxidation sites excluding steroid dienone is 14. The Balaban J connectivity index is 4.15. The van der Waals surface area contributed by atoms with Crippen LogP contribution in [0.2, 0.25) is 0 Å². The van der Waals surface area contributed by atoms with E-state index in [0.29, 0.717) is 19.3 Å². The van der Waals surface area contributed by atoms with E-state index in [1.165, 1.54) is 193 Å². The van der Waals surface area contributed by atoms with Gasteiger partial charge in [0, 0.05) is 19.3 Å². The fourth-order valence-electron chi connectivity index (χ4n) is 9.62. The molecule has 0 aromatic carbocycles. The number of carbonyl (C=O) groups is 3. The van der Waals surface area contributed by atoms with Gasteiger partial charge >= 0.3 is 17.9 Å². The standard InChI is InChI=1S/C72H126O6/c1-4-7-10-13-16-19-21-23-25-27-29-31-33-35-36-38-39-41-43-45-47-49-51-53-56-59-62-65-71(74)77-68-69(67-76-70(73)64-61-58-55-18-15-12-9-6-3)78-72(75)66-63-60-57-54-52-50-48-46-44-42-40-37-34-32-30-28-26-24-22-20-17-14-11-8-5-2/h8,11,17,20-21,23-24,26-27,29-30,32,37,40,69H,4-7,9-10,12-16,18-19,22,25,28,31,33-36,38-39,41-68H2,1-3H3/b11-8-,20-17-,23-21-,26-24-,29-27-,32-30-,40-37-. The van der Waals surface area contributed by atoms with Gasteiger partial charge in [-0.25, -0.2) is 0 Å². The lowest BCUT2D eigenvalue weighted by Crippen LogP contribution is -2.30. The Labute approximate surface area is 484 Å². The summed E-state index contributed by atoms with van der Waals surface area (Å²) in [6.07, 6.45) is 87.6. The third-order valence-electron chi connectivity index (χ3n) is 14.6. The van der Waals surface area contributed by atoms with Gasteiger partial charge in [0.2, 0.25) is 0 Å². The summed E-state index contributed by atoms with van der Waals surface area (Å²) in [5, 5.41) is 0. The summed E-state index contributed by atoms with van der Waals surface area (Å²) in [5.74, 6) is -0.873. The summed E-state index contributed by atoms with van der Waals surface area (Å²) in [6, 6.07) is 0. The van der Waals surface area contributed by atoms with Crippen molar-refractivity contribution in [3.63, 3.8) is 0 Å². The van der Waals surface area contributed by atoms with Crippen LogP contribution in [0.25, 0.3) is 0 Å². The first-order valence-corrected chi connectivity index (χ1v) is 33.6. The van der Waals surface area contributed by atoms with Crippen LogP contribution in [0.3, 0.4) is 0 Å². The van der Waals surface area contributed by atoms with Gasteiger partial charge in [0.1, 0.15) is 13.2 Å². The summed E-state index contributed by atoms with van der Waals surface area (Å²) in [4.78, 5) is 38.2. The Bertz CT molecular complexity index is 1480. The van der Waals surface area contributed by atoms with Gasteiger partial charge in [-0.1, -0.05) is 305 Å². The lowest BCUT2D eigenvalue weighted by molar-refractivity contribution is -0.167. The van der Waals surface area contributed by atoms with Crippen LogP contribution >= 0.6 is 0 Å². The predicted octanol–water partition coefficient (Wildman–Crippen LogP) is 23.1. The largest absolute Gasteiger partial charge is 0.462 e. The molecule has 0 aromatic heterocycles. The number of carbonyl (C=O) groups excluding carboxylic acids is 3. The summed E-state index contributed by atoms with van der Waals surface area (Å²) >= 11 is 0. The quantitative estimate of drug-likeness (QED) is 0.0261. The van der Waals surface area contributed by atoms with E-state index in [1.807, 2.05) is 0 Å². The maximum atomic E-state index is 12.9. The highest BCUT2D eigenvalue weighted by atomic mass is 16.6. The van der Waals surface area contributed by atoms with Gasteiger partial charge in [-0.3, -0.25) is 14.4 Å². The highest BCUT2D eigenvalue weighted by Gasteiger charge is 2.19. The zero-order valence-electron chi connectivity index (χ0n) is 51.7. The third kappa shape index (κ3) is 63.4. The van der Waals surface area contributed by atoms with Crippen molar-refractivity contribution in [3.05, 3.63) is 85.1 Å². The minimum absolute atomic E-state index is 0.0758. The van der Waals surface area contributed by atoms with Crippen LogP contribution in [0.5, 0.6) is 0 Å². The van der Waals surface area contributed by atoms with Crippen LogP contribution in [0.1, 0.15) is 335 Å². The number of ether oxygens (including phenoxy) is 3. The smallest absolute Gasteiger partial charge is 0.306 e. The molecule has 1 unspecified atom stereocenters. The Kier molecular flexibility index (Phi) is 63.2. The van der Waals surface area contributed by atoms with Gasteiger partial charge in [-0.2, -0.15) is 0 Å². The Morgan fingerprint density at radius 1 is 0.269 bits per heavy atom. The topological polar surface area (TPSA) is 78.9 Å². The first-order valence-electron chi connectivity index (χ1n) is 33.6. The van der Waals surface area contributed by atoms with Crippen LogP contribution in [0, 0.1) is 0 Å². The normalized spacial score (nSPS) is 12.6. The first kappa shape index (κ1) is 74.6. The molecule has 0 saturated heterocycles. The third-order valence-corrected chi connectivity index (χ3v) is 14.6. The lowest BCUT2D eigenvalue weighted by Gasteiger charge is -2.18. The van der Waals surface area contributed by atoms with Crippen molar-refractivity contribution < 1.29 is 28.6 Å². The van der Waals surface area contributed by atoms with Crippen molar-refractivity contribution in [1.82, 2.24) is 0 Å². The molecular weight excluding hydrogens is 961 g/mol. The molecule has 0 radical (unpaired) electrons. The molecule has 6 nitrogen and oxygen atoms in total. The maximum Gasteiger partial charge on any atom is 0.306 e. The van der Waals surface area contributed by atoms with Gasteiger partial charge < -0.3 is 14.2 Å². The maximum absolute atomic E-state index is 12.9. The molecule has 0 heterocycles. The molecule has 0 saturated carbocycles. The molecule has 78 heavy (non-hydrogen) atoms. The van der Waals surface area contributed by atoms with Gasteiger partial charge in [-0.05, 0) is 96.3 Å². The van der Waals surface area contributed by atoms with Gasteiger partial charge in [0.15, 0.2) is 6.10 Å². The van der Waals surface area contributed by atoms with Crippen molar-refractivity contribution in [2.24, 2.45) is 0 Å². The van der Waals surface area contributed by atoms with E-state index in [2.05, 4.69) is 106 Å². The van der Waals surface area contributed by atoms with Gasteiger partial charge in [-0.15, -0.1) is 0 Å². The highest BCUT2D eigenvalue weighted by molar-refractivity contribution is 5.71. The second-order valence-electron chi connectivity index (χ2n) is 22.4. The molecule has 1 atom stereocenters. The van der Waals surface area contributed by atoms with Crippen molar-refractivity contribution >= 4 is 17.9 Å². The minimum Gasteiger partial charge on any atom is -0.462 e. The zero-order valence-corrected chi connectivity index (χ0v) is 51.7. The van der Waals surface area contributed by atoms with Crippen LogP contribution in [-0.2, 0) is 28.6 Å². The van der Waals surface area contributed by atoms with Crippen molar-refractivity contribution in [3.8, 4) is 0 Å². The number of esters is 3. The fourth-order valence-corrected chi connectivity index (χ4v) is 9.62. The predicted molar refractivity (Wildman–Crippen MR) is 339 cm³/mol. The van der Waals surface area contributed by atoms with Crippen molar-refractivity contribution in [1.29, 1.82) is 0 Å². The Hall–Kier alpha value is -3.41. The van der Waals surface area contributed by atoms with Gasteiger partial charge in [0.25, 0.3) is 0 Å². The van der Waals surface area contributed by atoms with Crippen LogP contribution in [-0.4, -0.2) is 37.2 Å². The number of unbranched alkanes of at least 4 members (excludes halogenated alkanes) is 36. The summed E-state index contributed by atoms with van der Waals surface area (Å²) in [6.45, 7) is 6.52. The van der Waals surface area contributed by atoms with E-state index in [4.69, 9.17) is 14.2 Å². The van der Waals surface area contributed by atoms with Crippen LogP contribution < -0.4 is 0 Å². The second-order valence-corrected chi connectivity index (χ2v) is 22.4. The zero-order chi connectivity index (χ0) is 56.4. The number of hydrogen-bond acceptors (Lipinski definition) is 6. The Morgan fingerprint density at radius 2 is 0.500 bits per heavy atom. The minimum atomic E-state index is -0.778. The average Bonchev–Trinajstić information content (AvgIpc) is 3.44. The van der Waals surface area contributed by atoms with Crippen molar-refractivity contribution in [2.75, 3.05) is 13.2 Å². The van der Waals surface area contributed by atoms with E-state index in [9.17, 15) is 14.4 Å². The molecule has 0 fully saturated rings. The molecule has 0 aliphatic heterocycles. The average molecular weight is 1090 g/mol. The molecular formula is C72H126O6. The van der Waals surface area contributed by atoms with Crippen LogP contribution in [0.4, 0.5) is 0 Å². The molecule has 0 spiro atoms. The van der Waals surface area contributed by atoms with Crippen molar-refractivity contribution in [2.45, 2.75) is 341 Å². The highest BCUT2D eigenvalue weighted by Crippen LogP contribution is 2.17. The molecule has 0 aliphatic carbocycles. The SMILES string of the molecule is CC/C=C\C/C=C\C/C=C\C/C=C\C/C=C\CCCCCCCCCCCC(=O)OC(COC(=O)CCCCCCCCCC)COC(=O)CCCCCCCCCCCCCCCCC/C=C\C/C=C\CCCCCCC. The van der Waals surface area contributed by atoms with E-state index in [1.54, 1.807) is 0 Å². The van der Waals surface area contributed by atoms with Crippen LogP contribution in [0.15, 0.2) is 85.1 Å². The fraction of sp³-hybridized carbons (Fsp3) is 0.764. The number of rotatable bonds is 61. The van der Waals surface area contributed by atoms with E-state index >= 15 is 0 Å². The molecule has 0 N–H and O–H groups in total. The summed E-state index contributed by atoms with van der Waals surface area (Å²) in [5.41, 5.74) is 0. The first-order chi connectivity index (χ1) is 38.5. The molecule has 6 heteroatoms. The molecule has 0 aromatic rings. The summed E-state index contributed by atoms with van der Waals surface area (Å²) < 4.78 is 16.9. The molecule has 0 bridgehead atoms. The molecule has 0 amide bonds. The lowest BCUT2D eigenvalue weighted by atomic mass is 10.0. The molecule has 0 rings (SSSR count). The van der Waals surface area contributed by atoms with E-state index in [0.717, 1.165) is 103 Å². The van der Waals surface area contributed by atoms with E-state index < -0.39 is 6.10 Å². The second kappa shape index (κ2) is 66.1. The molecule has 450 valence electrons. The molecule has 0 aliphatic rings. The summed E-state index contributed by atoms with van der Waals surface area (Å²) in [7, 11) is 0. The van der Waals surface area contributed by atoms with Gasteiger partial charge in [0.05, 0.1) is 0 Å². The Morgan fingerprint density at radius 3 is 0.782 bits per heavy atom. The van der Waals surface area contributed by atoms with E-state index in [-0.39, 0.29) is 31.1 Å². The monoisotopic (exact) mass is 1090 g/mol.